The van der Waals surface area contributed by atoms with E-state index in [1.165, 1.54) is 11.1 Å². The Hall–Kier alpha value is -1.06. The van der Waals surface area contributed by atoms with Crippen LogP contribution in [0.3, 0.4) is 0 Å². The molecular weight excluding hydrogens is 258 g/mol. The minimum absolute atomic E-state index is 0.617. The maximum atomic E-state index is 5.90. The molecule has 0 N–H and O–H groups in total. The fourth-order valence-corrected chi connectivity index (χ4v) is 2.46. The number of para-hydroxylation sites is 1. The van der Waals surface area contributed by atoms with Crippen molar-refractivity contribution < 1.29 is 0 Å². The topological polar surface area (TPSA) is 21.1 Å². The minimum atomic E-state index is 0.617. The number of alkyl halides is 1. The van der Waals surface area contributed by atoms with Gasteiger partial charge in [-0.3, -0.25) is 0 Å². The van der Waals surface area contributed by atoms with Crippen LogP contribution < -0.4 is 0 Å². The number of halogens is 1. The highest BCUT2D eigenvalue weighted by atomic mass is 35.5. The van der Waals surface area contributed by atoms with Crippen LogP contribution in [0.25, 0.3) is 11.0 Å². The second-order valence-electron chi connectivity index (χ2n) is 4.96. The molecular formula is C15H22ClN3. The molecule has 0 atom stereocenters. The molecule has 2 rings (SSSR count). The van der Waals surface area contributed by atoms with Gasteiger partial charge in [-0.1, -0.05) is 19.1 Å². The van der Waals surface area contributed by atoms with E-state index in [2.05, 4.69) is 48.6 Å². The maximum Gasteiger partial charge on any atom is 0.111 e. The van der Waals surface area contributed by atoms with Crippen molar-refractivity contribution in [3.63, 3.8) is 0 Å². The summed E-state index contributed by atoms with van der Waals surface area (Å²) in [7, 11) is 2.14. The third-order valence-electron chi connectivity index (χ3n) is 3.62. The van der Waals surface area contributed by atoms with Crippen LogP contribution in [0.15, 0.2) is 18.2 Å². The van der Waals surface area contributed by atoms with E-state index in [4.69, 9.17) is 16.6 Å². The van der Waals surface area contributed by atoms with Gasteiger partial charge in [0, 0.05) is 25.4 Å². The first-order valence-electron chi connectivity index (χ1n) is 6.86. The molecule has 19 heavy (non-hydrogen) atoms. The van der Waals surface area contributed by atoms with E-state index in [1.807, 2.05) is 0 Å². The Morgan fingerprint density at radius 2 is 2.16 bits per heavy atom. The van der Waals surface area contributed by atoms with Crippen LogP contribution in [0, 0.1) is 6.92 Å². The van der Waals surface area contributed by atoms with Crippen molar-refractivity contribution in [2.24, 2.45) is 0 Å². The fourth-order valence-electron chi connectivity index (χ4n) is 2.29. The van der Waals surface area contributed by atoms with Gasteiger partial charge in [0.2, 0.25) is 0 Å². The van der Waals surface area contributed by atoms with Gasteiger partial charge in [-0.25, -0.2) is 4.98 Å². The van der Waals surface area contributed by atoms with Crippen LogP contribution in [0.4, 0.5) is 0 Å². The Balaban J connectivity index is 2.37. The van der Waals surface area contributed by atoms with E-state index in [0.29, 0.717) is 5.88 Å². The molecule has 104 valence electrons. The summed E-state index contributed by atoms with van der Waals surface area (Å²) in [4.78, 5) is 7.08. The number of aryl methyl sites for hydroxylation is 2. The molecule has 0 spiro atoms. The van der Waals surface area contributed by atoms with Crippen LogP contribution in [-0.4, -0.2) is 40.5 Å². The van der Waals surface area contributed by atoms with Crippen molar-refractivity contribution in [2.75, 3.05) is 26.0 Å². The predicted molar refractivity (Wildman–Crippen MR) is 82.1 cm³/mol. The third-order valence-corrected chi connectivity index (χ3v) is 3.81. The largest absolute Gasteiger partial charge is 0.327 e. The lowest BCUT2D eigenvalue weighted by Crippen LogP contribution is -2.23. The molecule has 0 aliphatic rings. The van der Waals surface area contributed by atoms with Gasteiger partial charge in [0.15, 0.2) is 0 Å². The molecule has 1 heterocycles. The molecule has 0 saturated carbocycles. The molecule has 0 aliphatic carbocycles. The van der Waals surface area contributed by atoms with Gasteiger partial charge in [-0.05, 0) is 32.1 Å². The van der Waals surface area contributed by atoms with Crippen molar-refractivity contribution in [3.8, 4) is 0 Å². The Kier molecular flexibility index (Phi) is 4.83. The molecule has 1 aromatic heterocycles. The van der Waals surface area contributed by atoms with Gasteiger partial charge in [-0.15, -0.1) is 11.6 Å². The number of likely N-dealkylation sites (N-methyl/N-ethyl adjacent to an activating group) is 1. The first-order chi connectivity index (χ1) is 9.17. The van der Waals surface area contributed by atoms with Gasteiger partial charge >= 0.3 is 0 Å². The van der Waals surface area contributed by atoms with Crippen molar-refractivity contribution >= 4 is 22.6 Å². The highest BCUT2D eigenvalue weighted by Crippen LogP contribution is 2.20. The summed E-state index contributed by atoms with van der Waals surface area (Å²) >= 11 is 5.90. The fraction of sp³-hybridized carbons (Fsp3) is 0.533. The Labute approximate surface area is 120 Å². The number of aromatic nitrogens is 2. The third kappa shape index (κ3) is 3.10. The van der Waals surface area contributed by atoms with Gasteiger partial charge in [0.05, 0.1) is 11.0 Å². The van der Waals surface area contributed by atoms with E-state index in [0.717, 1.165) is 37.4 Å². The highest BCUT2D eigenvalue weighted by Gasteiger charge is 2.11. The minimum Gasteiger partial charge on any atom is -0.327 e. The average molecular weight is 280 g/mol. The second-order valence-corrected chi connectivity index (χ2v) is 5.34. The Morgan fingerprint density at radius 1 is 1.37 bits per heavy atom. The van der Waals surface area contributed by atoms with Crippen molar-refractivity contribution in [2.45, 2.75) is 26.8 Å². The number of benzene rings is 1. The van der Waals surface area contributed by atoms with E-state index in [9.17, 15) is 0 Å². The average Bonchev–Trinajstić information content (AvgIpc) is 2.76. The Morgan fingerprint density at radius 3 is 2.84 bits per heavy atom. The lowest BCUT2D eigenvalue weighted by atomic mass is 10.2. The molecule has 4 heteroatoms. The molecule has 0 amide bonds. The van der Waals surface area contributed by atoms with Gasteiger partial charge < -0.3 is 9.47 Å². The number of nitrogens with zero attached hydrogens (tertiary/aromatic N) is 3. The second kappa shape index (κ2) is 6.40. The van der Waals surface area contributed by atoms with Crippen LogP contribution in [-0.2, 0) is 13.0 Å². The lowest BCUT2D eigenvalue weighted by molar-refractivity contribution is 0.335. The van der Waals surface area contributed by atoms with E-state index in [-0.39, 0.29) is 0 Å². The SMILES string of the molecule is CCN(C)CCn1c(CCCl)nc2c(C)cccc21. The first kappa shape index (κ1) is 14.4. The molecule has 0 fully saturated rings. The number of hydrogen-bond acceptors (Lipinski definition) is 2. The number of fused-ring (bicyclic) bond motifs is 1. The van der Waals surface area contributed by atoms with E-state index in [1.54, 1.807) is 0 Å². The smallest absolute Gasteiger partial charge is 0.111 e. The van der Waals surface area contributed by atoms with Crippen molar-refractivity contribution in [1.29, 1.82) is 0 Å². The number of rotatable bonds is 6. The van der Waals surface area contributed by atoms with Crippen LogP contribution >= 0.6 is 11.6 Å². The molecule has 0 aliphatic heterocycles. The summed E-state index contributed by atoms with van der Waals surface area (Å²) in [5, 5.41) is 0. The molecule has 0 radical (unpaired) electrons. The summed E-state index contributed by atoms with van der Waals surface area (Å²) in [5.41, 5.74) is 3.57. The Bertz CT molecular complexity index is 548. The molecule has 0 unspecified atom stereocenters. The normalized spacial score (nSPS) is 11.6. The number of hydrogen-bond donors (Lipinski definition) is 0. The molecule has 0 bridgehead atoms. The van der Waals surface area contributed by atoms with Gasteiger partial charge in [0.25, 0.3) is 0 Å². The first-order valence-corrected chi connectivity index (χ1v) is 7.40. The number of imidazole rings is 1. The zero-order valence-corrected chi connectivity index (χ0v) is 12.7. The quantitative estimate of drug-likeness (QED) is 0.758. The summed E-state index contributed by atoms with van der Waals surface area (Å²) < 4.78 is 2.32. The highest BCUT2D eigenvalue weighted by molar-refractivity contribution is 6.17. The van der Waals surface area contributed by atoms with Crippen LogP contribution in [0.5, 0.6) is 0 Å². The van der Waals surface area contributed by atoms with Gasteiger partial charge in [-0.2, -0.15) is 0 Å². The lowest BCUT2D eigenvalue weighted by Gasteiger charge is -2.16. The van der Waals surface area contributed by atoms with Crippen molar-refractivity contribution in [3.05, 3.63) is 29.6 Å². The molecule has 3 nitrogen and oxygen atoms in total. The zero-order valence-electron chi connectivity index (χ0n) is 12.0. The zero-order chi connectivity index (χ0) is 13.8. The monoisotopic (exact) mass is 279 g/mol. The predicted octanol–water partition coefficient (Wildman–Crippen LogP) is 3.08. The molecule has 0 saturated heterocycles. The van der Waals surface area contributed by atoms with Crippen LogP contribution in [0.1, 0.15) is 18.3 Å². The van der Waals surface area contributed by atoms with E-state index >= 15 is 0 Å². The molecule has 1 aromatic carbocycles. The van der Waals surface area contributed by atoms with Crippen LogP contribution in [0.2, 0.25) is 0 Å². The summed E-state index contributed by atoms with van der Waals surface area (Å²) in [6.45, 7) is 7.36. The van der Waals surface area contributed by atoms with Crippen molar-refractivity contribution in [1.82, 2.24) is 14.5 Å². The van der Waals surface area contributed by atoms with E-state index < -0.39 is 0 Å². The molecule has 2 aromatic rings. The summed E-state index contributed by atoms with van der Waals surface area (Å²) in [6.07, 6.45) is 0.825. The summed E-state index contributed by atoms with van der Waals surface area (Å²) in [5.74, 6) is 1.72. The van der Waals surface area contributed by atoms with Gasteiger partial charge in [0.1, 0.15) is 5.82 Å². The summed E-state index contributed by atoms with van der Waals surface area (Å²) in [6, 6.07) is 6.37. The maximum absolute atomic E-state index is 5.90. The standard InChI is InChI=1S/C15H22ClN3/c1-4-18(3)10-11-19-13-7-5-6-12(2)15(13)17-14(19)8-9-16/h5-7H,4,8-11H2,1-3H3.